The molecule has 0 aliphatic heterocycles. The van der Waals surface area contributed by atoms with Gasteiger partial charge in [0.2, 0.25) is 5.91 Å². The molecule has 0 saturated carbocycles. The minimum absolute atomic E-state index is 0.0136. The number of hydrogen-bond donors (Lipinski definition) is 2. The smallest absolute Gasteiger partial charge is 0.236 e. The Morgan fingerprint density at radius 1 is 1.22 bits per heavy atom. The van der Waals surface area contributed by atoms with E-state index >= 15 is 0 Å². The van der Waals surface area contributed by atoms with Gasteiger partial charge in [0.15, 0.2) is 0 Å². The lowest BCUT2D eigenvalue weighted by molar-refractivity contribution is -0.123. The van der Waals surface area contributed by atoms with Crippen LogP contribution in [0.15, 0.2) is 0 Å². The molecule has 0 saturated heterocycles. The van der Waals surface area contributed by atoms with Gasteiger partial charge in [-0.2, -0.15) is 0 Å². The first kappa shape index (κ1) is 17.3. The fourth-order valence-corrected chi connectivity index (χ4v) is 1.22. The van der Waals surface area contributed by atoms with E-state index in [-0.39, 0.29) is 11.9 Å². The van der Waals surface area contributed by atoms with Gasteiger partial charge in [-0.3, -0.25) is 4.79 Å². The van der Waals surface area contributed by atoms with E-state index in [1.807, 2.05) is 21.0 Å². The van der Waals surface area contributed by atoms with Gasteiger partial charge in [0, 0.05) is 26.7 Å². The lowest BCUT2D eigenvalue weighted by Crippen LogP contribution is -2.44. The molecule has 108 valence electrons. The predicted molar refractivity (Wildman–Crippen MR) is 71.7 cm³/mol. The van der Waals surface area contributed by atoms with E-state index in [2.05, 4.69) is 15.5 Å². The van der Waals surface area contributed by atoms with Crippen LogP contribution >= 0.6 is 0 Å². The molecule has 0 aliphatic rings. The Kier molecular flexibility index (Phi) is 11.0. The minimum Gasteiger partial charge on any atom is -0.383 e. The molecule has 1 amide bonds. The Balaban J connectivity index is 3.40. The van der Waals surface area contributed by atoms with Gasteiger partial charge in [0.05, 0.1) is 25.9 Å². The summed E-state index contributed by atoms with van der Waals surface area (Å²) in [7, 11) is 5.63. The van der Waals surface area contributed by atoms with Crippen LogP contribution in [-0.4, -0.2) is 77.5 Å². The maximum atomic E-state index is 11.6. The van der Waals surface area contributed by atoms with E-state index < -0.39 is 0 Å². The number of hydrogen-bond acceptors (Lipinski definition) is 5. The Morgan fingerprint density at radius 3 is 2.56 bits per heavy atom. The number of nitrogens with zero attached hydrogens (tertiary/aromatic N) is 1. The SMILES string of the molecule is COCCNC(=O)C(C)NCCOCCN(C)C. The average molecular weight is 261 g/mol. The third-order valence-corrected chi connectivity index (χ3v) is 2.38. The van der Waals surface area contributed by atoms with Gasteiger partial charge in [-0.1, -0.05) is 0 Å². The Morgan fingerprint density at radius 2 is 1.94 bits per heavy atom. The van der Waals surface area contributed by atoms with Crippen molar-refractivity contribution in [1.29, 1.82) is 0 Å². The Bertz CT molecular complexity index is 213. The first-order valence-corrected chi connectivity index (χ1v) is 6.30. The first-order valence-electron chi connectivity index (χ1n) is 6.30. The van der Waals surface area contributed by atoms with Gasteiger partial charge in [-0.15, -0.1) is 0 Å². The number of likely N-dealkylation sites (N-methyl/N-ethyl adjacent to an activating group) is 1. The normalized spacial score (nSPS) is 12.7. The van der Waals surface area contributed by atoms with Crippen molar-refractivity contribution in [3.05, 3.63) is 0 Å². The summed E-state index contributed by atoms with van der Waals surface area (Å²) in [5, 5.41) is 5.88. The van der Waals surface area contributed by atoms with Crippen molar-refractivity contribution < 1.29 is 14.3 Å². The maximum Gasteiger partial charge on any atom is 0.236 e. The molecule has 6 nitrogen and oxygen atoms in total. The summed E-state index contributed by atoms with van der Waals surface area (Å²) in [4.78, 5) is 13.6. The molecule has 1 unspecified atom stereocenters. The summed E-state index contributed by atoms with van der Waals surface area (Å²) in [5.74, 6) is -0.0136. The summed E-state index contributed by atoms with van der Waals surface area (Å²) in [5.41, 5.74) is 0. The molecular weight excluding hydrogens is 234 g/mol. The number of ether oxygens (including phenoxy) is 2. The summed E-state index contributed by atoms with van der Waals surface area (Å²) in [6.07, 6.45) is 0. The van der Waals surface area contributed by atoms with Gasteiger partial charge < -0.3 is 25.0 Å². The number of carbonyl (C=O) groups is 1. The van der Waals surface area contributed by atoms with Crippen molar-refractivity contribution in [2.24, 2.45) is 0 Å². The Labute approximate surface area is 110 Å². The molecule has 0 heterocycles. The molecular formula is C12H27N3O3. The number of nitrogens with one attached hydrogen (secondary N) is 2. The topological polar surface area (TPSA) is 62.8 Å². The molecule has 6 heteroatoms. The van der Waals surface area contributed by atoms with Gasteiger partial charge in [0.25, 0.3) is 0 Å². The number of methoxy groups -OCH3 is 1. The maximum absolute atomic E-state index is 11.6. The van der Waals surface area contributed by atoms with Crippen molar-refractivity contribution in [1.82, 2.24) is 15.5 Å². The molecule has 0 aromatic heterocycles. The molecule has 0 fully saturated rings. The van der Waals surface area contributed by atoms with Crippen molar-refractivity contribution in [2.75, 3.05) is 60.7 Å². The van der Waals surface area contributed by atoms with E-state index in [0.29, 0.717) is 32.9 Å². The van der Waals surface area contributed by atoms with Gasteiger partial charge in [0.1, 0.15) is 0 Å². The molecule has 18 heavy (non-hydrogen) atoms. The van der Waals surface area contributed by atoms with Crippen LogP contribution in [0.2, 0.25) is 0 Å². The van der Waals surface area contributed by atoms with Crippen LogP contribution in [0, 0.1) is 0 Å². The summed E-state index contributed by atoms with van der Waals surface area (Å²) >= 11 is 0. The highest BCUT2D eigenvalue weighted by atomic mass is 16.5. The summed E-state index contributed by atoms with van der Waals surface area (Å²) in [6, 6.07) is -0.209. The lowest BCUT2D eigenvalue weighted by atomic mass is 10.3. The van der Waals surface area contributed by atoms with Crippen LogP contribution in [0.1, 0.15) is 6.92 Å². The van der Waals surface area contributed by atoms with E-state index in [0.717, 1.165) is 6.54 Å². The zero-order valence-corrected chi connectivity index (χ0v) is 12.0. The molecule has 0 aromatic carbocycles. The van der Waals surface area contributed by atoms with Crippen molar-refractivity contribution >= 4 is 5.91 Å². The third-order valence-electron chi connectivity index (χ3n) is 2.38. The molecule has 0 aliphatic carbocycles. The second kappa shape index (κ2) is 11.4. The molecule has 0 rings (SSSR count). The number of amides is 1. The second-order valence-corrected chi connectivity index (χ2v) is 4.38. The lowest BCUT2D eigenvalue weighted by Gasteiger charge is -2.14. The summed E-state index contributed by atoms with van der Waals surface area (Å²) in [6.45, 7) is 5.82. The van der Waals surface area contributed by atoms with Crippen LogP contribution < -0.4 is 10.6 Å². The van der Waals surface area contributed by atoms with Crippen molar-refractivity contribution in [3.63, 3.8) is 0 Å². The monoisotopic (exact) mass is 261 g/mol. The highest BCUT2D eigenvalue weighted by Gasteiger charge is 2.10. The molecule has 0 spiro atoms. The van der Waals surface area contributed by atoms with E-state index in [4.69, 9.17) is 9.47 Å². The van der Waals surface area contributed by atoms with E-state index in [1.165, 1.54) is 0 Å². The number of carbonyl (C=O) groups excluding carboxylic acids is 1. The minimum atomic E-state index is -0.209. The van der Waals surface area contributed by atoms with E-state index in [9.17, 15) is 4.79 Å². The van der Waals surface area contributed by atoms with Crippen LogP contribution in [0.3, 0.4) is 0 Å². The second-order valence-electron chi connectivity index (χ2n) is 4.38. The highest BCUT2D eigenvalue weighted by Crippen LogP contribution is 1.83. The van der Waals surface area contributed by atoms with Crippen LogP contribution in [0.25, 0.3) is 0 Å². The quantitative estimate of drug-likeness (QED) is 0.482. The predicted octanol–water partition coefficient (Wildman–Crippen LogP) is -0.695. The molecule has 1 atom stereocenters. The molecule has 2 N–H and O–H groups in total. The highest BCUT2D eigenvalue weighted by molar-refractivity contribution is 5.81. The van der Waals surface area contributed by atoms with E-state index in [1.54, 1.807) is 7.11 Å². The van der Waals surface area contributed by atoms with Gasteiger partial charge in [-0.05, 0) is 21.0 Å². The van der Waals surface area contributed by atoms with Crippen LogP contribution in [0.5, 0.6) is 0 Å². The van der Waals surface area contributed by atoms with Gasteiger partial charge in [-0.25, -0.2) is 0 Å². The Hall–Kier alpha value is -0.690. The number of rotatable bonds is 11. The largest absolute Gasteiger partial charge is 0.383 e. The first-order chi connectivity index (χ1) is 8.57. The van der Waals surface area contributed by atoms with Crippen molar-refractivity contribution in [3.8, 4) is 0 Å². The standard InChI is InChI=1S/C12H27N3O3/c1-11(12(16)14-5-8-17-4)13-6-9-18-10-7-15(2)3/h11,13H,5-10H2,1-4H3,(H,14,16). The van der Waals surface area contributed by atoms with Gasteiger partial charge >= 0.3 is 0 Å². The molecule has 0 radical (unpaired) electrons. The van der Waals surface area contributed by atoms with Crippen LogP contribution in [-0.2, 0) is 14.3 Å². The fraction of sp³-hybridized carbons (Fsp3) is 0.917. The fourth-order valence-electron chi connectivity index (χ4n) is 1.22. The summed E-state index contributed by atoms with van der Waals surface area (Å²) < 4.78 is 10.3. The zero-order chi connectivity index (χ0) is 13.8. The zero-order valence-electron chi connectivity index (χ0n) is 12.0. The molecule has 0 bridgehead atoms. The van der Waals surface area contributed by atoms with Crippen molar-refractivity contribution in [2.45, 2.75) is 13.0 Å². The average Bonchev–Trinajstić information content (AvgIpc) is 2.33. The molecule has 0 aromatic rings. The third kappa shape index (κ3) is 10.5. The van der Waals surface area contributed by atoms with Crippen LogP contribution in [0.4, 0.5) is 0 Å².